The number of hydrogen-bond donors (Lipinski definition) is 2. The Balaban J connectivity index is 1.73. The summed E-state index contributed by atoms with van der Waals surface area (Å²) in [6.45, 7) is 1.82. The van der Waals surface area contributed by atoms with Crippen molar-refractivity contribution in [3.05, 3.63) is 82.5 Å². The summed E-state index contributed by atoms with van der Waals surface area (Å²) in [5, 5.41) is 4.48. The van der Waals surface area contributed by atoms with Crippen molar-refractivity contribution in [1.82, 2.24) is 19.9 Å². The smallest absolute Gasteiger partial charge is 0.262 e. The van der Waals surface area contributed by atoms with Gasteiger partial charge < -0.3 is 10.3 Å². The second kappa shape index (κ2) is 6.20. The molecule has 5 rings (SSSR count). The zero-order valence-corrected chi connectivity index (χ0v) is 15.3. The van der Waals surface area contributed by atoms with Crippen molar-refractivity contribution >= 4 is 33.4 Å². The Hall–Kier alpha value is -3.67. The molecule has 4 aromatic rings. The molecule has 0 spiro atoms. The predicted molar refractivity (Wildman–Crippen MR) is 109 cm³/mol. The van der Waals surface area contributed by atoms with Crippen LogP contribution in [-0.2, 0) is 11.2 Å². The van der Waals surface area contributed by atoms with E-state index in [1.165, 1.54) is 4.57 Å². The summed E-state index contributed by atoms with van der Waals surface area (Å²) in [4.78, 5) is 34.1. The Labute approximate surface area is 160 Å². The monoisotopic (exact) mass is 370 g/mol. The van der Waals surface area contributed by atoms with Crippen molar-refractivity contribution in [3.8, 4) is 0 Å². The van der Waals surface area contributed by atoms with E-state index in [4.69, 9.17) is 0 Å². The largest absolute Gasteiger partial charge is 0.361 e. The van der Waals surface area contributed by atoms with E-state index in [1.54, 1.807) is 12.1 Å². The van der Waals surface area contributed by atoms with Gasteiger partial charge in [0.15, 0.2) is 5.82 Å². The first kappa shape index (κ1) is 16.5. The van der Waals surface area contributed by atoms with Crippen molar-refractivity contribution in [3.63, 3.8) is 0 Å². The Morgan fingerprint density at radius 2 is 1.82 bits per heavy atom. The molecule has 2 aromatic heterocycles. The number of aromatic nitrogens is 3. The number of hydrogen-bond acceptors (Lipinski definition) is 3. The first-order valence-corrected chi connectivity index (χ1v) is 9.21. The first-order chi connectivity index (χ1) is 13.7. The van der Waals surface area contributed by atoms with Crippen molar-refractivity contribution < 1.29 is 4.79 Å². The molecule has 0 unspecified atom stereocenters. The van der Waals surface area contributed by atoms with Crippen LogP contribution in [0.2, 0.25) is 0 Å². The van der Waals surface area contributed by atoms with Crippen molar-refractivity contribution in [2.24, 2.45) is 0 Å². The molecule has 1 aliphatic rings. The van der Waals surface area contributed by atoms with Crippen molar-refractivity contribution in [1.29, 1.82) is 0 Å². The average molecular weight is 370 g/mol. The zero-order chi connectivity index (χ0) is 19.3. The maximum Gasteiger partial charge on any atom is 0.262 e. The number of rotatable bonds is 2. The van der Waals surface area contributed by atoms with E-state index in [0.717, 1.165) is 16.5 Å². The van der Waals surface area contributed by atoms with Gasteiger partial charge in [-0.1, -0.05) is 36.4 Å². The molecule has 0 saturated heterocycles. The molecule has 1 amide bonds. The van der Waals surface area contributed by atoms with E-state index in [9.17, 15) is 9.59 Å². The van der Waals surface area contributed by atoms with Gasteiger partial charge in [0.2, 0.25) is 5.91 Å². The van der Waals surface area contributed by atoms with Gasteiger partial charge in [0.25, 0.3) is 5.56 Å². The van der Waals surface area contributed by atoms with Crippen LogP contribution in [0.4, 0.5) is 0 Å². The van der Waals surface area contributed by atoms with Crippen LogP contribution in [0.3, 0.4) is 0 Å². The molecule has 1 aliphatic heterocycles. The van der Waals surface area contributed by atoms with E-state index < -0.39 is 6.04 Å². The summed E-state index contributed by atoms with van der Waals surface area (Å²) >= 11 is 0. The van der Waals surface area contributed by atoms with Gasteiger partial charge in [0.1, 0.15) is 6.04 Å². The molecule has 2 aromatic carbocycles. The van der Waals surface area contributed by atoms with E-state index in [1.807, 2.05) is 55.6 Å². The van der Waals surface area contributed by atoms with Gasteiger partial charge in [-0.05, 0) is 30.7 Å². The predicted octanol–water partition coefficient (Wildman–Crippen LogP) is 3.15. The highest BCUT2D eigenvalue weighted by atomic mass is 16.2. The highest BCUT2D eigenvalue weighted by molar-refractivity contribution is 5.93. The highest BCUT2D eigenvalue weighted by Gasteiger charge is 2.33. The van der Waals surface area contributed by atoms with Gasteiger partial charge in [-0.3, -0.25) is 14.2 Å². The number of fused-ring (bicyclic) bond motifs is 3. The minimum absolute atomic E-state index is 0.195. The SMILES string of the molecule is C/C=C1\NC(=O)[C@@H](Cc2c[nH]c3ccccc23)n2c1nc1ccccc1c2=O. The molecule has 3 heterocycles. The summed E-state index contributed by atoms with van der Waals surface area (Å²) < 4.78 is 1.54. The van der Waals surface area contributed by atoms with E-state index >= 15 is 0 Å². The lowest BCUT2D eigenvalue weighted by Crippen LogP contribution is -2.45. The summed E-state index contributed by atoms with van der Waals surface area (Å²) in [5.74, 6) is 0.292. The van der Waals surface area contributed by atoms with Gasteiger partial charge in [0, 0.05) is 23.5 Å². The molecule has 0 fully saturated rings. The topological polar surface area (TPSA) is 79.8 Å². The van der Waals surface area contributed by atoms with Gasteiger partial charge in [-0.2, -0.15) is 0 Å². The Bertz CT molecular complexity index is 1330. The molecule has 0 bridgehead atoms. The number of benzene rings is 2. The number of para-hydroxylation sites is 2. The van der Waals surface area contributed by atoms with Crippen LogP contribution in [-0.4, -0.2) is 20.4 Å². The number of aromatic amines is 1. The van der Waals surface area contributed by atoms with Gasteiger partial charge >= 0.3 is 0 Å². The normalized spacial score (nSPS) is 17.8. The Morgan fingerprint density at radius 3 is 2.64 bits per heavy atom. The first-order valence-electron chi connectivity index (χ1n) is 9.21. The van der Waals surface area contributed by atoms with E-state index in [-0.39, 0.29) is 11.5 Å². The van der Waals surface area contributed by atoms with E-state index in [2.05, 4.69) is 15.3 Å². The maximum atomic E-state index is 13.3. The fourth-order valence-electron chi connectivity index (χ4n) is 3.91. The lowest BCUT2D eigenvalue weighted by Gasteiger charge is -2.28. The number of amides is 1. The van der Waals surface area contributed by atoms with Crippen LogP contribution >= 0.6 is 0 Å². The molecule has 6 nitrogen and oxygen atoms in total. The highest BCUT2D eigenvalue weighted by Crippen LogP contribution is 2.28. The van der Waals surface area contributed by atoms with Crippen LogP contribution in [0, 0.1) is 0 Å². The molecule has 1 atom stereocenters. The number of carbonyl (C=O) groups excluding carboxylic acids is 1. The standard InChI is InChI=1S/C22H18N4O2/c1-2-16-20-24-18-10-6-4-8-15(18)22(28)26(20)19(21(27)25-16)11-13-12-23-17-9-5-3-7-14(13)17/h2-10,12,19,23H,11H2,1H3,(H,25,27)/b16-2-/t19-/m1/s1. The third-order valence-electron chi connectivity index (χ3n) is 5.30. The molecular formula is C22H18N4O2. The molecule has 6 heteroatoms. The molecule has 138 valence electrons. The van der Waals surface area contributed by atoms with Crippen LogP contribution < -0.4 is 10.9 Å². The molecule has 0 radical (unpaired) electrons. The zero-order valence-electron chi connectivity index (χ0n) is 15.3. The molecule has 0 saturated carbocycles. The minimum atomic E-state index is -0.664. The number of allylic oxidation sites excluding steroid dienone is 1. The fraction of sp³-hybridized carbons (Fsp3) is 0.136. The minimum Gasteiger partial charge on any atom is -0.361 e. The van der Waals surface area contributed by atoms with Gasteiger partial charge in [-0.25, -0.2) is 4.98 Å². The number of H-pyrrole nitrogens is 1. The van der Waals surface area contributed by atoms with Crippen LogP contribution in [0.5, 0.6) is 0 Å². The van der Waals surface area contributed by atoms with Crippen molar-refractivity contribution in [2.45, 2.75) is 19.4 Å². The lowest BCUT2D eigenvalue weighted by atomic mass is 10.0. The molecule has 28 heavy (non-hydrogen) atoms. The van der Waals surface area contributed by atoms with Crippen LogP contribution in [0.25, 0.3) is 27.5 Å². The quantitative estimate of drug-likeness (QED) is 0.569. The van der Waals surface area contributed by atoms with Crippen LogP contribution in [0.15, 0.2) is 65.6 Å². The Morgan fingerprint density at radius 1 is 1.07 bits per heavy atom. The lowest BCUT2D eigenvalue weighted by molar-refractivity contribution is -0.123. The number of carbonyl (C=O) groups is 1. The summed E-state index contributed by atoms with van der Waals surface area (Å²) in [6.07, 6.45) is 4.08. The van der Waals surface area contributed by atoms with Crippen LogP contribution in [0.1, 0.15) is 24.4 Å². The number of nitrogens with zero attached hydrogens (tertiary/aromatic N) is 2. The fourth-order valence-corrected chi connectivity index (χ4v) is 3.91. The molecular weight excluding hydrogens is 352 g/mol. The van der Waals surface area contributed by atoms with E-state index in [0.29, 0.717) is 28.8 Å². The Kier molecular flexibility index (Phi) is 3.65. The second-order valence-electron chi connectivity index (χ2n) is 6.90. The number of nitrogens with one attached hydrogen (secondary N) is 2. The molecule has 2 N–H and O–H groups in total. The summed E-state index contributed by atoms with van der Waals surface area (Å²) in [6, 6.07) is 14.5. The second-order valence-corrected chi connectivity index (χ2v) is 6.90. The van der Waals surface area contributed by atoms with Gasteiger partial charge in [-0.15, -0.1) is 0 Å². The third kappa shape index (κ3) is 2.38. The summed E-state index contributed by atoms with van der Waals surface area (Å²) in [7, 11) is 0. The van der Waals surface area contributed by atoms with Gasteiger partial charge in [0.05, 0.1) is 16.6 Å². The summed E-state index contributed by atoms with van der Waals surface area (Å²) in [5.41, 5.74) is 2.99. The van der Waals surface area contributed by atoms with Crippen molar-refractivity contribution in [2.75, 3.05) is 0 Å². The average Bonchev–Trinajstić information content (AvgIpc) is 3.13. The maximum absolute atomic E-state index is 13.3. The molecule has 0 aliphatic carbocycles. The third-order valence-corrected chi connectivity index (χ3v) is 5.30.